The van der Waals surface area contributed by atoms with E-state index in [4.69, 9.17) is 5.73 Å². The van der Waals surface area contributed by atoms with Crippen molar-refractivity contribution in [1.82, 2.24) is 4.90 Å². The predicted octanol–water partition coefficient (Wildman–Crippen LogP) is 4.07. The molecule has 2 unspecified atom stereocenters. The van der Waals surface area contributed by atoms with Crippen LogP contribution < -0.4 is 5.73 Å². The van der Waals surface area contributed by atoms with Crippen LogP contribution in [-0.2, 0) is 5.54 Å². The minimum atomic E-state index is -0.754. The van der Waals surface area contributed by atoms with E-state index >= 15 is 0 Å². The number of rotatable bonds is 8. The molecule has 2 N–H and O–H groups in total. The van der Waals surface area contributed by atoms with Gasteiger partial charge in [0.2, 0.25) is 0 Å². The minimum absolute atomic E-state index is 0.0750. The average molecular weight is 292 g/mol. The van der Waals surface area contributed by atoms with Crippen LogP contribution in [0.4, 0.5) is 4.39 Å². The summed E-state index contributed by atoms with van der Waals surface area (Å²) in [5, 5.41) is 0. The lowest BCUT2D eigenvalue weighted by Crippen LogP contribution is -2.54. The van der Waals surface area contributed by atoms with Crippen molar-refractivity contribution in [3.05, 3.63) is 47.8 Å². The first-order valence-electron chi connectivity index (χ1n) is 7.67. The van der Waals surface area contributed by atoms with E-state index in [-0.39, 0.29) is 11.9 Å². The lowest BCUT2D eigenvalue weighted by molar-refractivity contribution is 0.157. The maximum absolute atomic E-state index is 14.4. The molecule has 0 aliphatic carbocycles. The highest BCUT2D eigenvalue weighted by molar-refractivity contribution is 5.30. The number of halogens is 1. The van der Waals surface area contributed by atoms with Gasteiger partial charge in [0.25, 0.3) is 0 Å². The van der Waals surface area contributed by atoms with Gasteiger partial charge in [0.15, 0.2) is 0 Å². The second kappa shape index (κ2) is 7.71. The molecule has 118 valence electrons. The smallest absolute Gasteiger partial charge is 0.128 e. The van der Waals surface area contributed by atoms with Crippen LogP contribution in [0.15, 0.2) is 36.4 Å². The molecule has 2 atom stereocenters. The molecule has 0 heterocycles. The van der Waals surface area contributed by atoms with Gasteiger partial charge < -0.3 is 10.6 Å². The number of nitrogens with zero attached hydrogens (tertiary/aromatic N) is 1. The van der Waals surface area contributed by atoms with Gasteiger partial charge in [-0.2, -0.15) is 0 Å². The fourth-order valence-electron chi connectivity index (χ4n) is 3.10. The maximum atomic E-state index is 14.4. The van der Waals surface area contributed by atoms with Crippen molar-refractivity contribution in [2.75, 3.05) is 14.1 Å². The topological polar surface area (TPSA) is 29.3 Å². The van der Waals surface area contributed by atoms with Gasteiger partial charge in [-0.1, -0.05) is 43.5 Å². The fourth-order valence-corrected chi connectivity index (χ4v) is 3.10. The summed E-state index contributed by atoms with van der Waals surface area (Å²) in [6, 6.07) is 6.93. The van der Waals surface area contributed by atoms with E-state index in [0.29, 0.717) is 12.0 Å². The van der Waals surface area contributed by atoms with Crippen LogP contribution in [0.3, 0.4) is 0 Å². The van der Waals surface area contributed by atoms with Crippen LogP contribution in [0.25, 0.3) is 0 Å². The highest BCUT2D eigenvalue weighted by Gasteiger charge is 2.39. The first-order chi connectivity index (χ1) is 9.82. The molecular weight excluding hydrogens is 263 g/mol. The Hall–Kier alpha value is -1.19. The fraction of sp³-hybridized carbons (Fsp3) is 0.556. The zero-order valence-corrected chi connectivity index (χ0v) is 13.8. The molecule has 0 spiro atoms. The standard InChI is InChI=1S/C18H29FN2/c1-6-7-12-17(21(4)5)18(20,13-14(2)3)15-10-8-9-11-16(15)19/h8-11,17H,2,6-7,12-13,20H2,1,3-5H3. The number of benzene rings is 1. The summed E-state index contributed by atoms with van der Waals surface area (Å²) in [6.07, 6.45) is 3.71. The predicted molar refractivity (Wildman–Crippen MR) is 88.7 cm³/mol. The maximum Gasteiger partial charge on any atom is 0.128 e. The van der Waals surface area contributed by atoms with Crippen molar-refractivity contribution in [3.8, 4) is 0 Å². The molecule has 0 amide bonds. The van der Waals surface area contributed by atoms with Gasteiger partial charge >= 0.3 is 0 Å². The molecule has 1 aromatic rings. The molecule has 0 radical (unpaired) electrons. The van der Waals surface area contributed by atoms with Crippen LogP contribution in [0.5, 0.6) is 0 Å². The summed E-state index contributed by atoms with van der Waals surface area (Å²) in [5.74, 6) is -0.232. The quantitative estimate of drug-likeness (QED) is 0.732. The molecule has 0 aliphatic heterocycles. The van der Waals surface area contributed by atoms with Crippen LogP contribution >= 0.6 is 0 Å². The Labute approximate surface area is 128 Å². The van der Waals surface area contributed by atoms with Crippen molar-refractivity contribution in [1.29, 1.82) is 0 Å². The molecule has 21 heavy (non-hydrogen) atoms. The highest BCUT2D eigenvalue weighted by atomic mass is 19.1. The Morgan fingerprint density at radius 3 is 2.48 bits per heavy atom. The van der Waals surface area contributed by atoms with E-state index in [2.05, 4.69) is 18.4 Å². The summed E-state index contributed by atoms with van der Waals surface area (Å²) >= 11 is 0. The minimum Gasteiger partial charge on any atom is -0.320 e. The SMILES string of the molecule is C=C(C)CC(N)(c1ccccc1F)C(CCCC)N(C)C. The Morgan fingerprint density at radius 1 is 1.38 bits per heavy atom. The third-order valence-electron chi connectivity index (χ3n) is 4.02. The number of likely N-dealkylation sites (N-methyl/N-ethyl adjacent to an activating group) is 1. The van der Waals surface area contributed by atoms with E-state index < -0.39 is 5.54 Å². The Bertz CT molecular complexity index is 470. The monoisotopic (exact) mass is 292 g/mol. The van der Waals surface area contributed by atoms with Gasteiger partial charge in [-0.15, -0.1) is 6.58 Å². The van der Waals surface area contributed by atoms with Crippen LogP contribution in [0, 0.1) is 5.82 Å². The van der Waals surface area contributed by atoms with E-state index in [1.807, 2.05) is 27.1 Å². The molecule has 0 saturated heterocycles. The van der Waals surface area contributed by atoms with Crippen molar-refractivity contribution >= 4 is 0 Å². The zero-order valence-electron chi connectivity index (χ0n) is 13.8. The summed E-state index contributed by atoms with van der Waals surface area (Å²) in [5.41, 5.74) is 7.57. The largest absolute Gasteiger partial charge is 0.320 e. The van der Waals surface area contributed by atoms with Gasteiger partial charge in [-0.05, 0) is 39.9 Å². The third kappa shape index (κ3) is 4.39. The number of hydrogen-bond acceptors (Lipinski definition) is 2. The van der Waals surface area contributed by atoms with Gasteiger partial charge in [-0.25, -0.2) is 4.39 Å². The van der Waals surface area contributed by atoms with Crippen LogP contribution in [0.2, 0.25) is 0 Å². The third-order valence-corrected chi connectivity index (χ3v) is 4.02. The lowest BCUT2D eigenvalue weighted by Gasteiger charge is -2.42. The molecule has 0 saturated carbocycles. The number of nitrogens with two attached hydrogens (primary N) is 1. The Morgan fingerprint density at radius 2 is 2.00 bits per heavy atom. The van der Waals surface area contributed by atoms with Gasteiger partial charge in [0.1, 0.15) is 5.82 Å². The van der Waals surface area contributed by atoms with Crippen molar-refractivity contribution in [2.24, 2.45) is 5.73 Å². The van der Waals surface area contributed by atoms with Crippen LogP contribution in [0.1, 0.15) is 45.1 Å². The van der Waals surface area contributed by atoms with Crippen molar-refractivity contribution in [2.45, 2.75) is 51.1 Å². The molecule has 1 rings (SSSR count). The first kappa shape index (κ1) is 17.9. The second-order valence-electron chi connectivity index (χ2n) is 6.28. The Balaban J connectivity index is 3.29. The van der Waals surface area contributed by atoms with Crippen molar-refractivity contribution in [3.63, 3.8) is 0 Å². The van der Waals surface area contributed by atoms with E-state index in [1.165, 1.54) is 6.07 Å². The Kier molecular flexibility index (Phi) is 6.56. The molecule has 0 bridgehead atoms. The summed E-state index contributed by atoms with van der Waals surface area (Å²) in [6.45, 7) is 8.11. The van der Waals surface area contributed by atoms with Crippen LogP contribution in [-0.4, -0.2) is 25.0 Å². The first-order valence-corrected chi connectivity index (χ1v) is 7.67. The summed E-state index contributed by atoms with van der Waals surface area (Å²) in [7, 11) is 4.03. The molecular formula is C18H29FN2. The highest BCUT2D eigenvalue weighted by Crippen LogP contribution is 2.35. The molecule has 0 aliphatic rings. The average Bonchev–Trinajstić information content (AvgIpc) is 2.38. The zero-order chi connectivity index (χ0) is 16.0. The van der Waals surface area contributed by atoms with Gasteiger partial charge in [-0.3, -0.25) is 0 Å². The number of unbranched alkanes of at least 4 members (excludes halogenated alkanes) is 1. The molecule has 0 fully saturated rings. The van der Waals surface area contributed by atoms with E-state index in [9.17, 15) is 4.39 Å². The van der Waals surface area contributed by atoms with Gasteiger partial charge in [0.05, 0.1) is 5.54 Å². The summed E-state index contributed by atoms with van der Waals surface area (Å²) in [4.78, 5) is 2.12. The van der Waals surface area contributed by atoms with Gasteiger partial charge in [0, 0.05) is 11.6 Å². The lowest BCUT2D eigenvalue weighted by atomic mass is 9.76. The summed E-state index contributed by atoms with van der Waals surface area (Å²) < 4.78 is 14.4. The van der Waals surface area contributed by atoms with E-state index in [0.717, 1.165) is 24.8 Å². The molecule has 0 aromatic heterocycles. The number of hydrogen-bond donors (Lipinski definition) is 1. The normalized spacial score (nSPS) is 15.8. The molecule has 3 heteroatoms. The second-order valence-corrected chi connectivity index (χ2v) is 6.28. The van der Waals surface area contributed by atoms with Crippen molar-refractivity contribution < 1.29 is 4.39 Å². The molecule has 2 nitrogen and oxygen atoms in total. The van der Waals surface area contributed by atoms with E-state index in [1.54, 1.807) is 12.1 Å². The molecule has 1 aromatic carbocycles.